The average Bonchev–Trinajstić information content (AvgIpc) is 2.33. The second kappa shape index (κ2) is 5.30. The van der Waals surface area contributed by atoms with Gasteiger partial charge < -0.3 is 4.74 Å². The zero-order valence-electron chi connectivity index (χ0n) is 8.89. The van der Waals surface area contributed by atoms with Crippen LogP contribution < -0.4 is 16.0 Å². The zero-order valence-corrected chi connectivity index (χ0v) is 8.89. The third kappa shape index (κ3) is 2.59. The molecule has 0 fully saturated rings. The van der Waals surface area contributed by atoms with Gasteiger partial charge in [-0.2, -0.15) is 0 Å². The second-order valence-corrected chi connectivity index (χ2v) is 3.40. The van der Waals surface area contributed by atoms with Crippen molar-refractivity contribution in [1.29, 1.82) is 0 Å². The summed E-state index contributed by atoms with van der Waals surface area (Å²) in [7, 11) is 0. The molecule has 3 heteroatoms. The topological polar surface area (TPSA) is 47.3 Å². The van der Waals surface area contributed by atoms with Gasteiger partial charge in [0.05, 0.1) is 0 Å². The molecule has 0 aliphatic heterocycles. The Labute approximate surface area is 94.8 Å². The SMILES string of the molecule is NNCc1ccccc1Oc1ccccc1. The van der Waals surface area contributed by atoms with Crippen molar-refractivity contribution in [2.24, 2.45) is 5.84 Å². The molecule has 0 atom stereocenters. The standard InChI is InChI=1S/C13H14N2O/c14-15-10-11-6-4-5-9-13(11)16-12-7-2-1-3-8-12/h1-9,15H,10,14H2. The molecule has 0 aliphatic rings. The second-order valence-electron chi connectivity index (χ2n) is 3.40. The van der Waals surface area contributed by atoms with Crippen molar-refractivity contribution in [1.82, 2.24) is 5.43 Å². The fraction of sp³-hybridized carbons (Fsp3) is 0.0769. The smallest absolute Gasteiger partial charge is 0.131 e. The van der Waals surface area contributed by atoms with Gasteiger partial charge in [0.2, 0.25) is 0 Å². The predicted molar refractivity (Wildman–Crippen MR) is 64.0 cm³/mol. The summed E-state index contributed by atoms with van der Waals surface area (Å²) in [6.07, 6.45) is 0. The largest absolute Gasteiger partial charge is 0.457 e. The van der Waals surface area contributed by atoms with Crippen LogP contribution in [0.3, 0.4) is 0 Å². The molecule has 2 rings (SSSR count). The maximum atomic E-state index is 5.77. The Morgan fingerprint density at radius 2 is 1.62 bits per heavy atom. The molecule has 82 valence electrons. The lowest BCUT2D eigenvalue weighted by Gasteiger charge is -2.10. The van der Waals surface area contributed by atoms with E-state index in [4.69, 9.17) is 10.6 Å². The molecule has 0 bridgehead atoms. The van der Waals surface area contributed by atoms with Crippen LogP contribution in [-0.4, -0.2) is 0 Å². The number of rotatable bonds is 4. The summed E-state index contributed by atoms with van der Waals surface area (Å²) in [6.45, 7) is 0.586. The molecular formula is C13H14N2O. The van der Waals surface area contributed by atoms with Crippen LogP contribution in [-0.2, 0) is 6.54 Å². The highest BCUT2D eigenvalue weighted by Gasteiger charge is 2.02. The van der Waals surface area contributed by atoms with Gasteiger partial charge >= 0.3 is 0 Å². The van der Waals surface area contributed by atoms with Gasteiger partial charge in [0.1, 0.15) is 11.5 Å². The molecule has 0 aromatic heterocycles. The third-order valence-corrected chi connectivity index (χ3v) is 2.24. The molecule has 0 unspecified atom stereocenters. The summed E-state index contributed by atoms with van der Waals surface area (Å²) in [6, 6.07) is 17.5. The Kier molecular flexibility index (Phi) is 3.53. The summed E-state index contributed by atoms with van der Waals surface area (Å²) in [4.78, 5) is 0. The number of hydrogen-bond acceptors (Lipinski definition) is 3. The molecule has 0 spiro atoms. The molecule has 0 radical (unpaired) electrons. The Balaban J connectivity index is 2.21. The molecule has 0 amide bonds. The first-order chi connectivity index (χ1) is 7.90. The molecular weight excluding hydrogens is 200 g/mol. The van der Waals surface area contributed by atoms with E-state index in [1.54, 1.807) is 0 Å². The first-order valence-corrected chi connectivity index (χ1v) is 5.14. The van der Waals surface area contributed by atoms with Gasteiger partial charge in [0, 0.05) is 12.1 Å². The number of hydrogen-bond donors (Lipinski definition) is 2. The van der Waals surface area contributed by atoms with Gasteiger partial charge in [0.25, 0.3) is 0 Å². The highest BCUT2D eigenvalue weighted by molar-refractivity contribution is 5.37. The molecule has 0 aliphatic carbocycles. The lowest BCUT2D eigenvalue weighted by atomic mass is 10.2. The van der Waals surface area contributed by atoms with Crippen molar-refractivity contribution in [3.05, 3.63) is 60.2 Å². The average molecular weight is 214 g/mol. The van der Waals surface area contributed by atoms with E-state index < -0.39 is 0 Å². The van der Waals surface area contributed by atoms with E-state index in [9.17, 15) is 0 Å². The molecule has 2 aromatic rings. The molecule has 0 saturated heterocycles. The van der Waals surface area contributed by atoms with Crippen LogP contribution in [0, 0.1) is 0 Å². The van der Waals surface area contributed by atoms with E-state index in [1.165, 1.54) is 0 Å². The molecule has 3 N–H and O–H groups in total. The minimum atomic E-state index is 0.586. The lowest BCUT2D eigenvalue weighted by molar-refractivity contribution is 0.473. The van der Waals surface area contributed by atoms with Crippen LogP contribution in [0.4, 0.5) is 0 Å². The van der Waals surface area contributed by atoms with Crippen LogP contribution in [0.1, 0.15) is 5.56 Å². The minimum Gasteiger partial charge on any atom is -0.457 e. The van der Waals surface area contributed by atoms with Gasteiger partial charge in [-0.1, -0.05) is 36.4 Å². The number of hydrazine groups is 1. The fourth-order valence-electron chi connectivity index (χ4n) is 1.47. The van der Waals surface area contributed by atoms with E-state index in [2.05, 4.69) is 5.43 Å². The van der Waals surface area contributed by atoms with E-state index in [0.29, 0.717) is 6.54 Å². The monoisotopic (exact) mass is 214 g/mol. The number of nitrogens with two attached hydrogens (primary N) is 1. The van der Waals surface area contributed by atoms with Gasteiger partial charge in [-0.3, -0.25) is 11.3 Å². The van der Waals surface area contributed by atoms with Crippen molar-refractivity contribution in [2.75, 3.05) is 0 Å². The maximum absolute atomic E-state index is 5.77. The van der Waals surface area contributed by atoms with E-state index >= 15 is 0 Å². The van der Waals surface area contributed by atoms with Gasteiger partial charge in [-0.05, 0) is 18.2 Å². The van der Waals surface area contributed by atoms with Crippen LogP contribution in [0.25, 0.3) is 0 Å². The predicted octanol–water partition coefficient (Wildman–Crippen LogP) is 2.44. The summed E-state index contributed by atoms with van der Waals surface area (Å²) >= 11 is 0. The first-order valence-electron chi connectivity index (χ1n) is 5.14. The third-order valence-electron chi connectivity index (χ3n) is 2.24. The van der Waals surface area contributed by atoms with E-state index in [0.717, 1.165) is 17.1 Å². The first kappa shape index (κ1) is 10.7. The molecule has 0 heterocycles. The zero-order chi connectivity index (χ0) is 11.2. The molecule has 16 heavy (non-hydrogen) atoms. The number of para-hydroxylation sites is 2. The van der Waals surface area contributed by atoms with Crippen LogP contribution in [0.2, 0.25) is 0 Å². The van der Waals surface area contributed by atoms with Crippen LogP contribution >= 0.6 is 0 Å². The fourth-order valence-corrected chi connectivity index (χ4v) is 1.47. The molecule has 0 saturated carbocycles. The summed E-state index contributed by atoms with van der Waals surface area (Å²) in [5.74, 6) is 6.97. The van der Waals surface area contributed by atoms with Crippen molar-refractivity contribution in [3.63, 3.8) is 0 Å². The Morgan fingerprint density at radius 1 is 0.938 bits per heavy atom. The van der Waals surface area contributed by atoms with Gasteiger partial charge in [-0.15, -0.1) is 0 Å². The van der Waals surface area contributed by atoms with Crippen molar-refractivity contribution in [3.8, 4) is 11.5 Å². The number of nitrogens with one attached hydrogen (secondary N) is 1. The van der Waals surface area contributed by atoms with Crippen molar-refractivity contribution >= 4 is 0 Å². The summed E-state index contributed by atoms with van der Waals surface area (Å²) < 4.78 is 5.77. The van der Waals surface area contributed by atoms with Crippen molar-refractivity contribution < 1.29 is 4.74 Å². The Morgan fingerprint density at radius 3 is 2.38 bits per heavy atom. The van der Waals surface area contributed by atoms with Crippen LogP contribution in [0.15, 0.2) is 54.6 Å². The summed E-state index contributed by atoms with van der Waals surface area (Å²) in [5, 5.41) is 0. The molecule has 2 aromatic carbocycles. The maximum Gasteiger partial charge on any atom is 0.131 e. The number of benzene rings is 2. The highest BCUT2D eigenvalue weighted by Crippen LogP contribution is 2.24. The minimum absolute atomic E-state index is 0.586. The van der Waals surface area contributed by atoms with Crippen LogP contribution in [0.5, 0.6) is 11.5 Å². The normalized spacial score (nSPS) is 10.1. The Hall–Kier alpha value is -1.84. The van der Waals surface area contributed by atoms with E-state index in [-0.39, 0.29) is 0 Å². The molecule has 3 nitrogen and oxygen atoms in total. The summed E-state index contributed by atoms with van der Waals surface area (Å²) in [5.41, 5.74) is 3.67. The van der Waals surface area contributed by atoms with E-state index in [1.807, 2.05) is 54.6 Å². The highest BCUT2D eigenvalue weighted by atomic mass is 16.5. The lowest BCUT2D eigenvalue weighted by Crippen LogP contribution is -2.21. The Bertz CT molecular complexity index is 443. The quantitative estimate of drug-likeness (QED) is 0.607. The number of ether oxygens (including phenoxy) is 1. The van der Waals surface area contributed by atoms with Gasteiger partial charge in [-0.25, -0.2) is 0 Å². The van der Waals surface area contributed by atoms with Crippen molar-refractivity contribution in [2.45, 2.75) is 6.54 Å². The van der Waals surface area contributed by atoms with Gasteiger partial charge in [0.15, 0.2) is 0 Å².